The second-order valence-electron chi connectivity index (χ2n) is 9.88. The fourth-order valence-corrected chi connectivity index (χ4v) is 4.88. The number of methoxy groups -OCH3 is 1. The highest BCUT2D eigenvalue weighted by Gasteiger charge is 2.35. The van der Waals surface area contributed by atoms with E-state index in [1.165, 1.54) is 44.4 Å². The van der Waals surface area contributed by atoms with Crippen LogP contribution in [-0.4, -0.2) is 33.8 Å². The van der Waals surface area contributed by atoms with Crippen LogP contribution in [0.5, 0.6) is 5.75 Å². The Morgan fingerprint density at radius 3 is 2.36 bits per heavy atom. The number of aromatic nitrogens is 2. The lowest BCUT2D eigenvalue weighted by molar-refractivity contribution is -0.138. The minimum absolute atomic E-state index is 0.286. The molecule has 0 amide bonds. The predicted octanol–water partition coefficient (Wildman–Crippen LogP) is 5.54. The summed E-state index contributed by atoms with van der Waals surface area (Å²) < 4.78 is 103. The van der Waals surface area contributed by atoms with E-state index < -0.39 is 90.2 Å². The number of rotatable bonds is 12. The number of nitrogens with one attached hydrogen (secondary N) is 1. The lowest BCUT2D eigenvalue weighted by Crippen LogP contribution is -2.45. The molecule has 0 aliphatic heterocycles. The maximum Gasteiger partial charge on any atom is 0.416 e. The van der Waals surface area contributed by atoms with Crippen molar-refractivity contribution < 1.29 is 40.7 Å². The summed E-state index contributed by atoms with van der Waals surface area (Å²) in [5.74, 6) is -4.12. The first-order valence-corrected chi connectivity index (χ1v) is 13.4. The molecule has 4 rings (SSSR count). The van der Waals surface area contributed by atoms with Crippen LogP contribution in [0.4, 0.5) is 22.0 Å². The molecule has 3 aromatic carbocycles. The van der Waals surface area contributed by atoms with Crippen molar-refractivity contribution in [1.29, 1.82) is 0 Å². The third-order valence-corrected chi connectivity index (χ3v) is 7.09. The van der Waals surface area contributed by atoms with Crippen LogP contribution in [0, 0.1) is 18.6 Å². The van der Waals surface area contributed by atoms with Crippen molar-refractivity contribution in [3.05, 3.63) is 122 Å². The molecule has 1 heterocycles. The van der Waals surface area contributed by atoms with E-state index in [0.717, 1.165) is 12.1 Å². The number of alkyl halides is 3. The summed E-state index contributed by atoms with van der Waals surface area (Å²) in [6.45, 7) is -2.41. The van der Waals surface area contributed by atoms with Gasteiger partial charge < -0.3 is 15.2 Å². The van der Waals surface area contributed by atoms with Gasteiger partial charge in [0.2, 0.25) is 0 Å². The molecule has 4 aromatic rings. The van der Waals surface area contributed by atoms with Crippen molar-refractivity contribution in [1.82, 2.24) is 14.5 Å². The number of carbonyl (C=O) groups is 1. The van der Waals surface area contributed by atoms with E-state index in [-0.39, 0.29) is 17.0 Å². The number of aliphatic carboxylic acids is 1. The zero-order valence-electron chi connectivity index (χ0n) is 27.0. The van der Waals surface area contributed by atoms with E-state index in [0.29, 0.717) is 20.8 Å². The second kappa shape index (κ2) is 13.9. The van der Waals surface area contributed by atoms with E-state index in [9.17, 15) is 27.6 Å². The zero-order valence-corrected chi connectivity index (χ0v) is 24.0. The van der Waals surface area contributed by atoms with Gasteiger partial charge in [-0.1, -0.05) is 48.5 Å². The van der Waals surface area contributed by atoms with Crippen LogP contribution in [0.2, 0.25) is 0 Å². The van der Waals surface area contributed by atoms with Crippen LogP contribution in [0.25, 0.3) is 11.1 Å². The highest BCUT2D eigenvalue weighted by atomic mass is 19.4. The van der Waals surface area contributed by atoms with Crippen LogP contribution in [0.15, 0.2) is 76.3 Å². The Bertz CT molecular complexity index is 1930. The lowest BCUT2D eigenvalue weighted by atomic mass is 10.0. The molecule has 0 spiro atoms. The quantitative estimate of drug-likeness (QED) is 0.199. The normalized spacial score (nSPS) is 14.2. The number of hydrogen-bond acceptors (Lipinski definition) is 5. The molecule has 0 bridgehead atoms. The SMILES string of the molecule is [2H]C(N[C@@H](Cn1c(=O)c(-c2cccc(OC)c2F)c(C)n(Cc2c(F)cccc2C(F)(F)F)c1=O)c1ccccc1)C([2H])([2H])CC(=O)O. The fraction of sp³-hybridized carbons (Fsp3) is 0.281. The summed E-state index contributed by atoms with van der Waals surface area (Å²) in [5.41, 5.74) is -5.38. The number of halogens is 5. The molecule has 2 N–H and O–H groups in total. The number of nitrogens with zero attached hydrogens (tertiary/aromatic N) is 2. The second-order valence-corrected chi connectivity index (χ2v) is 9.88. The van der Waals surface area contributed by atoms with Gasteiger partial charge in [0.1, 0.15) is 5.82 Å². The number of hydrogen-bond donors (Lipinski definition) is 2. The van der Waals surface area contributed by atoms with Gasteiger partial charge in [0.05, 0.1) is 37.4 Å². The molecule has 238 valence electrons. The highest BCUT2D eigenvalue weighted by Crippen LogP contribution is 2.34. The van der Waals surface area contributed by atoms with Crippen molar-refractivity contribution in [2.45, 2.75) is 45.0 Å². The van der Waals surface area contributed by atoms with Crippen LogP contribution < -0.4 is 21.3 Å². The Balaban J connectivity index is 1.99. The molecule has 8 nitrogen and oxygen atoms in total. The van der Waals surface area contributed by atoms with Crippen molar-refractivity contribution >= 4 is 5.97 Å². The maximum absolute atomic E-state index is 15.6. The van der Waals surface area contributed by atoms with Gasteiger partial charge in [-0.05, 0) is 43.6 Å². The van der Waals surface area contributed by atoms with Crippen LogP contribution >= 0.6 is 0 Å². The highest BCUT2D eigenvalue weighted by molar-refractivity contribution is 5.68. The molecule has 0 saturated heterocycles. The Hall–Kier alpha value is -4.78. The van der Waals surface area contributed by atoms with E-state index in [1.54, 1.807) is 18.2 Å². The van der Waals surface area contributed by atoms with E-state index in [1.807, 2.05) is 0 Å². The molecule has 0 fully saturated rings. The summed E-state index contributed by atoms with van der Waals surface area (Å²) >= 11 is 0. The average Bonchev–Trinajstić information content (AvgIpc) is 3.01. The Morgan fingerprint density at radius 2 is 1.71 bits per heavy atom. The number of benzene rings is 3. The van der Waals surface area contributed by atoms with Gasteiger partial charge in [0.25, 0.3) is 5.56 Å². The monoisotopic (exact) mass is 634 g/mol. The molecular formula is C32H30F5N3O5. The summed E-state index contributed by atoms with van der Waals surface area (Å²) in [6, 6.07) is 12.6. The van der Waals surface area contributed by atoms with Crippen LogP contribution in [0.1, 0.15) is 45.3 Å². The fourth-order valence-electron chi connectivity index (χ4n) is 4.88. The molecular weight excluding hydrogens is 601 g/mol. The maximum atomic E-state index is 15.6. The molecule has 0 radical (unpaired) electrons. The van der Waals surface area contributed by atoms with Gasteiger partial charge in [-0.25, -0.2) is 13.6 Å². The third-order valence-electron chi connectivity index (χ3n) is 7.09. The van der Waals surface area contributed by atoms with Crippen molar-refractivity contribution in [2.75, 3.05) is 13.6 Å². The Morgan fingerprint density at radius 1 is 1.02 bits per heavy atom. The smallest absolute Gasteiger partial charge is 0.416 e. The van der Waals surface area contributed by atoms with Gasteiger partial charge in [-0.15, -0.1) is 0 Å². The summed E-state index contributed by atoms with van der Waals surface area (Å²) in [5, 5.41) is 11.8. The molecule has 0 aliphatic carbocycles. The first-order chi connectivity index (χ1) is 22.5. The number of carboxylic acids is 1. The molecule has 13 heteroatoms. The number of ether oxygens (including phenoxy) is 1. The van der Waals surface area contributed by atoms with Gasteiger partial charge in [0.15, 0.2) is 11.6 Å². The summed E-state index contributed by atoms with van der Waals surface area (Å²) in [6.07, 6.45) is -8.72. The lowest BCUT2D eigenvalue weighted by Gasteiger charge is -2.23. The largest absolute Gasteiger partial charge is 0.494 e. The first-order valence-electron chi connectivity index (χ1n) is 15.0. The van der Waals surface area contributed by atoms with Gasteiger partial charge >= 0.3 is 17.8 Å². The van der Waals surface area contributed by atoms with Gasteiger partial charge in [-0.3, -0.25) is 18.7 Å². The van der Waals surface area contributed by atoms with Crippen molar-refractivity contribution in [2.24, 2.45) is 0 Å². The molecule has 1 unspecified atom stereocenters. The first kappa shape index (κ1) is 29.0. The van der Waals surface area contributed by atoms with Crippen molar-refractivity contribution in [3.8, 4) is 16.9 Å². The molecule has 1 aromatic heterocycles. The van der Waals surface area contributed by atoms with Crippen LogP contribution in [0.3, 0.4) is 0 Å². The van der Waals surface area contributed by atoms with Crippen LogP contribution in [-0.2, 0) is 24.1 Å². The zero-order chi connectivity index (χ0) is 35.6. The average molecular weight is 635 g/mol. The van der Waals surface area contributed by atoms with Gasteiger partial charge in [0, 0.05) is 27.4 Å². The Kier molecular flexibility index (Phi) is 8.94. The molecule has 0 saturated carbocycles. The Labute approximate surface area is 258 Å². The summed E-state index contributed by atoms with van der Waals surface area (Å²) in [4.78, 5) is 39.4. The molecule has 45 heavy (non-hydrogen) atoms. The van der Waals surface area contributed by atoms with E-state index >= 15 is 8.78 Å². The van der Waals surface area contributed by atoms with Gasteiger partial charge in [-0.2, -0.15) is 13.2 Å². The topological polar surface area (TPSA) is 103 Å². The van der Waals surface area contributed by atoms with Crippen molar-refractivity contribution in [3.63, 3.8) is 0 Å². The summed E-state index contributed by atoms with van der Waals surface area (Å²) in [7, 11) is 1.17. The minimum Gasteiger partial charge on any atom is -0.494 e. The molecule has 0 aliphatic rings. The van der Waals surface area contributed by atoms with E-state index in [4.69, 9.17) is 14.0 Å². The molecule has 2 atom stereocenters. The minimum atomic E-state index is -5.02. The standard InChI is InChI=1S/C32H30F5N3O5/c1-19-28(21-11-6-14-26(45-2)29(21)34)30(43)40(18-25(20-9-4-3-5-10-20)38-16-8-15-27(41)42)31(44)39(19)17-22-23(32(35,36)37)12-7-13-24(22)33/h3-7,9-14,25,38H,8,15-18H2,1-2H3,(H,41,42)/t25-/m0/s1/i8D2,16D/t16?,25-. The third kappa shape index (κ3) is 7.31. The number of carboxylic acid groups (broad SMARTS) is 1. The van der Waals surface area contributed by atoms with E-state index in [2.05, 4.69) is 5.32 Å². The predicted molar refractivity (Wildman–Crippen MR) is 156 cm³/mol.